The van der Waals surface area contributed by atoms with E-state index in [0.29, 0.717) is 6.61 Å². The molecule has 20 heavy (non-hydrogen) atoms. The van der Waals surface area contributed by atoms with Crippen LogP contribution in [0.1, 0.15) is 6.42 Å². The predicted octanol–water partition coefficient (Wildman–Crippen LogP) is 2.83. The lowest BCUT2D eigenvalue weighted by atomic mass is 10.3. The van der Waals surface area contributed by atoms with E-state index in [1.165, 1.54) is 0 Å². The molecule has 0 aromatic carbocycles. The first-order valence-electron chi connectivity index (χ1n) is 6.40. The molecule has 0 aliphatic rings. The van der Waals surface area contributed by atoms with Gasteiger partial charge in [0.1, 0.15) is 10.6 Å². The standard InChI is InChI=1S/C13H18ClN3O2S/c1-18-7-3-5-17(6-8-19-2)11-10-4-9-20-12(10)16-13(14)15-11/h4,9H,3,5-8H2,1-2H3. The number of hydrogen-bond donors (Lipinski definition) is 0. The first kappa shape index (κ1) is 15.4. The quantitative estimate of drug-likeness (QED) is 0.554. The van der Waals surface area contributed by atoms with Crippen LogP contribution in [0.5, 0.6) is 0 Å². The Bertz CT molecular complexity index is 549. The van der Waals surface area contributed by atoms with Gasteiger partial charge in [0.15, 0.2) is 0 Å². The largest absolute Gasteiger partial charge is 0.385 e. The second-order valence-corrected chi connectivity index (χ2v) is 5.51. The maximum absolute atomic E-state index is 6.02. The Labute approximate surface area is 127 Å². The summed E-state index contributed by atoms with van der Waals surface area (Å²) in [5, 5.41) is 3.32. The summed E-state index contributed by atoms with van der Waals surface area (Å²) in [6.07, 6.45) is 0.924. The number of methoxy groups -OCH3 is 2. The van der Waals surface area contributed by atoms with E-state index in [0.717, 1.165) is 42.2 Å². The molecule has 0 saturated heterocycles. The molecular formula is C13H18ClN3O2S. The van der Waals surface area contributed by atoms with Crippen LogP contribution in [-0.4, -0.2) is 50.5 Å². The summed E-state index contributed by atoms with van der Waals surface area (Å²) in [5.41, 5.74) is 0. The third-order valence-corrected chi connectivity index (χ3v) is 3.89. The minimum atomic E-state index is 0.282. The van der Waals surface area contributed by atoms with Gasteiger partial charge in [-0.15, -0.1) is 11.3 Å². The third kappa shape index (κ3) is 3.79. The van der Waals surface area contributed by atoms with E-state index in [1.54, 1.807) is 25.6 Å². The number of anilines is 1. The van der Waals surface area contributed by atoms with Gasteiger partial charge in [-0.05, 0) is 29.5 Å². The van der Waals surface area contributed by atoms with E-state index in [2.05, 4.69) is 14.9 Å². The van der Waals surface area contributed by atoms with E-state index in [-0.39, 0.29) is 5.28 Å². The summed E-state index contributed by atoms with van der Waals surface area (Å²) in [7, 11) is 3.40. The van der Waals surface area contributed by atoms with Crippen molar-refractivity contribution in [2.45, 2.75) is 6.42 Å². The van der Waals surface area contributed by atoms with E-state index in [4.69, 9.17) is 21.1 Å². The van der Waals surface area contributed by atoms with Crippen LogP contribution in [0.2, 0.25) is 5.28 Å². The number of ether oxygens (including phenoxy) is 2. The lowest BCUT2D eigenvalue weighted by Crippen LogP contribution is -2.30. The molecule has 7 heteroatoms. The molecule has 0 aliphatic carbocycles. The second-order valence-electron chi connectivity index (χ2n) is 4.28. The summed E-state index contributed by atoms with van der Waals surface area (Å²) >= 11 is 7.59. The van der Waals surface area contributed by atoms with E-state index in [9.17, 15) is 0 Å². The van der Waals surface area contributed by atoms with Crippen LogP contribution in [0.25, 0.3) is 10.2 Å². The van der Waals surface area contributed by atoms with Crippen molar-refractivity contribution in [2.75, 3.05) is 45.4 Å². The van der Waals surface area contributed by atoms with Crippen molar-refractivity contribution in [3.63, 3.8) is 0 Å². The van der Waals surface area contributed by atoms with Gasteiger partial charge in [0, 0.05) is 33.9 Å². The summed E-state index contributed by atoms with van der Waals surface area (Å²) in [6.45, 7) is 2.96. The van der Waals surface area contributed by atoms with Crippen LogP contribution in [0.15, 0.2) is 11.4 Å². The van der Waals surface area contributed by atoms with Gasteiger partial charge in [0.25, 0.3) is 0 Å². The summed E-state index contributed by atoms with van der Waals surface area (Å²) < 4.78 is 10.3. The molecule has 2 rings (SSSR count). The van der Waals surface area contributed by atoms with Crippen molar-refractivity contribution < 1.29 is 9.47 Å². The molecule has 0 spiro atoms. The highest BCUT2D eigenvalue weighted by atomic mass is 35.5. The zero-order chi connectivity index (χ0) is 14.4. The minimum Gasteiger partial charge on any atom is -0.385 e. The minimum absolute atomic E-state index is 0.282. The lowest BCUT2D eigenvalue weighted by molar-refractivity contribution is 0.191. The number of rotatable bonds is 8. The molecule has 0 saturated carbocycles. The smallest absolute Gasteiger partial charge is 0.225 e. The van der Waals surface area contributed by atoms with Gasteiger partial charge in [0.05, 0.1) is 12.0 Å². The zero-order valence-electron chi connectivity index (χ0n) is 11.6. The number of halogens is 1. The number of nitrogens with zero attached hydrogens (tertiary/aromatic N) is 3. The maximum Gasteiger partial charge on any atom is 0.225 e. The van der Waals surface area contributed by atoms with Crippen molar-refractivity contribution in [3.8, 4) is 0 Å². The fraction of sp³-hybridized carbons (Fsp3) is 0.538. The maximum atomic E-state index is 6.02. The molecule has 2 heterocycles. The molecule has 0 amide bonds. The SMILES string of the molecule is COCCCN(CCOC)c1nc(Cl)nc2sccc12. The number of fused-ring (bicyclic) bond motifs is 1. The van der Waals surface area contributed by atoms with Gasteiger partial charge in [-0.3, -0.25) is 0 Å². The van der Waals surface area contributed by atoms with Gasteiger partial charge in [-0.25, -0.2) is 4.98 Å². The molecule has 0 bridgehead atoms. The van der Waals surface area contributed by atoms with E-state index >= 15 is 0 Å². The molecule has 110 valence electrons. The molecule has 5 nitrogen and oxygen atoms in total. The zero-order valence-corrected chi connectivity index (χ0v) is 13.2. The van der Waals surface area contributed by atoms with Crippen LogP contribution in [0.3, 0.4) is 0 Å². The van der Waals surface area contributed by atoms with Crippen LogP contribution in [-0.2, 0) is 9.47 Å². The highest BCUT2D eigenvalue weighted by molar-refractivity contribution is 7.16. The molecule has 0 fully saturated rings. The molecule has 0 N–H and O–H groups in total. The fourth-order valence-electron chi connectivity index (χ4n) is 1.98. The van der Waals surface area contributed by atoms with Crippen molar-refractivity contribution in [2.24, 2.45) is 0 Å². The van der Waals surface area contributed by atoms with Crippen molar-refractivity contribution in [1.29, 1.82) is 0 Å². The molecular weight excluding hydrogens is 298 g/mol. The van der Waals surface area contributed by atoms with Crippen LogP contribution in [0, 0.1) is 0 Å². The Balaban J connectivity index is 2.26. The third-order valence-electron chi connectivity index (χ3n) is 2.92. The van der Waals surface area contributed by atoms with Crippen LogP contribution < -0.4 is 4.90 Å². The molecule has 2 aromatic rings. The topological polar surface area (TPSA) is 47.5 Å². The highest BCUT2D eigenvalue weighted by Gasteiger charge is 2.14. The monoisotopic (exact) mass is 315 g/mol. The van der Waals surface area contributed by atoms with Crippen molar-refractivity contribution in [1.82, 2.24) is 9.97 Å². The first-order chi connectivity index (χ1) is 9.76. The Kier molecular flexibility index (Phi) is 5.97. The Morgan fingerprint density at radius 2 is 2.00 bits per heavy atom. The fourth-order valence-corrected chi connectivity index (χ4v) is 2.95. The Morgan fingerprint density at radius 1 is 1.20 bits per heavy atom. The summed E-state index contributed by atoms with van der Waals surface area (Å²) in [4.78, 5) is 11.7. The van der Waals surface area contributed by atoms with Crippen molar-refractivity contribution in [3.05, 3.63) is 16.7 Å². The lowest BCUT2D eigenvalue weighted by Gasteiger charge is -2.24. The molecule has 0 unspecified atom stereocenters. The van der Waals surface area contributed by atoms with Crippen LogP contribution in [0.4, 0.5) is 5.82 Å². The van der Waals surface area contributed by atoms with Gasteiger partial charge in [0.2, 0.25) is 5.28 Å². The summed E-state index contributed by atoms with van der Waals surface area (Å²) in [5.74, 6) is 0.870. The van der Waals surface area contributed by atoms with Crippen LogP contribution >= 0.6 is 22.9 Å². The van der Waals surface area contributed by atoms with E-state index in [1.807, 2.05) is 11.4 Å². The molecule has 0 aliphatic heterocycles. The Hall–Kier alpha value is -0.950. The highest BCUT2D eigenvalue weighted by Crippen LogP contribution is 2.29. The van der Waals surface area contributed by atoms with Gasteiger partial charge in [-0.2, -0.15) is 4.98 Å². The molecule has 2 aromatic heterocycles. The Morgan fingerprint density at radius 3 is 2.75 bits per heavy atom. The molecule has 0 radical (unpaired) electrons. The second kappa shape index (κ2) is 7.73. The average Bonchev–Trinajstić information content (AvgIpc) is 2.90. The number of aromatic nitrogens is 2. The average molecular weight is 316 g/mol. The van der Waals surface area contributed by atoms with Crippen molar-refractivity contribution >= 4 is 39.0 Å². The normalized spacial score (nSPS) is 11.2. The van der Waals surface area contributed by atoms with Gasteiger partial charge < -0.3 is 14.4 Å². The molecule has 0 atom stereocenters. The first-order valence-corrected chi connectivity index (χ1v) is 7.65. The predicted molar refractivity (Wildman–Crippen MR) is 83.0 cm³/mol. The van der Waals surface area contributed by atoms with Gasteiger partial charge >= 0.3 is 0 Å². The van der Waals surface area contributed by atoms with E-state index < -0.39 is 0 Å². The number of thiophene rings is 1. The number of hydrogen-bond acceptors (Lipinski definition) is 6. The van der Waals surface area contributed by atoms with Gasteiger partial charge in [-0.1, -0.05) is 0 Å². The summed E-state index contributed by atoms with van der Waals surface area (Å²) in [6, 6.07) is 2.03.